The van der Waals surface area contributed by atoms with E-state index in [4.69, 9.17) is 0 Å². The lowest BCUT2D eigenvalue weighted by Gasteiger charge is -2.42. The average Bonchev–Trinajstić information content (AvgIpc) is 3.21. The largest absolute Gasteiger partial charge is 0.335 e. The highest BCUT2D eigenvalue weighted by Gasteiger charge is 2.44. The molecule has 2 heterocycles. The quantitative estimate of drug-likeness (QED) is 0.809. The SMILES string of the molecule is CC(C)c1ccc(NC(=O)NC2CC3CCC(C2)N3C2CCCC2)cc1. The van der Waals surface area contributed by atoms with Gasteiger partial charge in [-0.05, 0) is 62.1 Å². The van der Waals surface area contributed by atoms with Crippen LogP contribution in [0.2, 0.25) is 0 Å². The summed E-state index contributed by atoms with van der Waals surface area (Å²) >= 11 is 0. The minimum atomic E-state index is -0.0546. The highest BCUT2D eigenvalue weighted by atomic mass is 16.2. The Labute approximate surface area is 157 Å². The molecule has 2 unspecified atom stereocenters. The van der Waals surface area contributed by atoms with Crippen molar-refractivity contribution < 1.29 is 4.79 Å². The van der Waals surface area contributed by atoms with Crippen molar-refractivity contribution in [2.24, 2.45) is 0 Å². The number of piperidine rings is 1. The van der Waals surface area contributed by atoms with Gasteiger partial charge in [0, 0.05) is 29.9 Å². The maximum atomic E-state index is 12.4. The van der Waals surface area contributed by atoms with Gasteiger partial charge in [0.25, 0.3) is 0 Å². The van der Waals surface area contributed by atoms with Gasteiger partial charge in [-0.25, -0.2) is 4.79 Å². The minimum Gasteiger partial charge on any atom is -0.335 e. The first kappa shape index (κ1) is 17.8. The molecule has 2 saturated heterocycles. The van der Waals surface area contributed by atoms with E-state index in [-0.39, 0.29) is 6.03 Å². The second-order valence-corrected chi connectivity index (χ2v) is 8.81. The summed E-state index contributed by atoms with van der Waals surface area (Å²) in [7, 11) is 0. The van der Waals surface area contributed by atoms with Gasteiger partial charge in [-0.15, -0.1) is 0 Å². The number of rotatable bonds is 4. The third kappa shape index (κ3) is 3.75. The van der Waals surface area contributed by atoms with Gasteiger partial charge in [0.2, 0.25) is 0 Å². The second kappa shape index (κ2) is 7.59. The molecule has 2 atom stereocenters. The van der Waals surface area contributed by atoms with Gasteiger partial charge in [0.15, 0.2) is 0 Å². The number of carbonyl (C=O) groups excluding carboxylic acids is 1. The Morgan fingerprint density at radius 1 is 0.962 bits per heavy atom. The molecule has 2 amide bonds. The van der Waals surface area contributed by atoms with Crippen LogP contribution in [-0.2, 0) is 0 Å². The number of amides is 2. The number of anilines is 1. The molecule has 1 aromatic carbocycles. The van der Waals surface area contributed by atoms with E-state index in [1.807, 2.05) is 12.1 Å². The number of urea groups is 1. The Morgan fingerprint density at radius 3 is 2.15 bits per heavy atom. The molecule has 2 N–H and O–H groups in total. The normalized spacial score (nSPS) is 29.3. The summed E-state index contributed by atoms with van der Waals surface area (Å²) in [5.41, 5.74) is 2.17. The van der Waals surface area contributed by atoms with E-state index in [0.29, 0.717) is 24.0 Å². The zero-order valence-corrected chi connectivity index (χ0v) is 16.2. The van der Waals surface area contributed by atoms with Crippen LogP contribution in [0.4, 0.5) is 10.5 Å². The van der Waals surface area contributed by atoms with Crippen molar-refractivity contribution in [2.45, 2.75) is 95.3 Å². The van der Waals surface area contributed by atoms with Gasteiger partial charge in [-0.1, -0.05) is 38.8 Å². The minimum absolute atomic E-state index is 0.0546. The lowest BCUT2D eigenvalue weighted by Crippen LogP contribution is -2.53. The van der Waals surface area contributed by atoms with Crippen LogP contribution < -0.4 is 10.6 Å². The predicted octanol–water partition coefficient (Wildman–Crippen LogP) is 4.87. The van der Waals surface area contributed by atoms with Crippen LogP contribution in [0.5, 0.6) is 0 Å². The van der Waals surface area contributed by atoms with Crippen LogP contribution in [0.15, 0.2) is 24.3 Å². The van der Waals surface area contributed by atoms with E-state index in [1.54, 1.807) is 0 Å². The van der Waals surface area contributed by atoms with Crippen molar-refractivity contribution in [1.82, 2.24) is 10.2 Å². The van der Waals surface area contributed by atoms with Crippen molar-refractivity contribution in [2.75, 3.05) is 5.32 Å². The predicted molar refractivity (Wildman–Crippen MR) is 107 cm³/mol. The fourth-order valence-corrected chi connectivity index (χ4v) is 5.43. The highest BCUT2D eigenvalue weighted by molar-refractivity contribution is 5.89. The zero-order valence-electron chi connectivity index (χ0n) is 16.2. The number of nitrogens with zero attached hydrogens (tertiary/aromatic N) is 1. The molecule has 1 aliphatic carbocycles. The molecule has 26 heavy (non-hydrogen) atoms. The standard InChI is InChI=1S/C22H33N3O/c1-15(2)16-7-9-17(10-8-16)23-22(26)24-18-13-20-11-12-21(14-18)25(20)19-5-3-4-6-19/h7-10,15,18-21H,3-6,11-14H2,1-2H3,(H2,23,24,26). The van der Waals surface area contributed by atoms with E-state index >= 15 is 0 Å². The maximum absolute atomic E-state index is 12.4. The molecule has 4 nitrogen and oxygen atoms in total. The Morgan fingerprint density at radius 2 is 1.58 bits per heavy atom. The van der Waals surface area contributed by atoms with E-state index in [1.165, 1.54) is 44.1 Å². The number of nitrogens with one attached hydrogen (secondary N) is 2. The lowest BCUT2D eigenvalue weighted by molar-refractivity contribution is 0.0747. The van der Waals surface area contributed by atoms with Crippen molar-refractivity contribution >= 4 is 11.7 Å². The Kier molecular flexibility index (Phi) is 5.21. The van der Waals surface area contributed by atoms with E-state index < -0.39 is 0 Å². The van der Waals surface area contributed by atoms with Crippen LogP contribution in [-0.4, -0.2) is 35.1 Å². The van der Waals surface area contributed by atoms with Crippen molar-refractivity contribution in [3.05, 3.63) is 29.8 Å². The third-order valence-electron chi connectivity index (χ3n) is 6.71. The molecule has 2 aliphatic heterocycles. The Hall–Kier alpha value is -1.55. The fourth-order valence-electron chi connectivity index (χ4n) is 5.43. The lowest BCUT2D eigenvalue weighted by atomic mass is 9.95. The van der Waals surface area contributed by atoms with Crippen LogP contribution in [0.1, 0.15) is 76.7 Å². The van der Waals surface area contributed by atoms with Crippen molar-refractivity contribution in [3.8, 4) is 0 Å². The smallest absolute Gasteiger partial charge is 0.319 e. The summed E-state index contributed by atoms with van der Waals surface area (Å²) < 4.78 is 0. The van der Waals surface area contributed by atoms with Gasteiger partial charge < -0.3 is 10.6 Å². The van der Waals surface area contributed by atoms with E-state index in [9.17, 15) is 4.79 Å². The number of hydrogen-bond donors (Lipinski definition) is 2. The average molecular weight is 356 g/mol. The molecule has 4 heteroatoms. The monoisotopic (exact) mass is 355 g/mol. The summed E-state index contributed by atoms with van der Waals surface area (Å²) in [5.74, 6) is 0.512. The first-order chi connectivity index (χ1) is 12.6. The molecule has 0 spiro atoms. The van der Waals surface area contributed by atoms with Gasteiger partial charge in [-0.3, -0.25) is 4.90 Å². The van der Waals surface area contributed by atoms with E-state index in [0.717, 1.165) is 24.6 Å². The molecule has 1 aromatic rings. The molecule has 3 fully saturated rings. The van der Waals surface area contributed by atoms with Crippen LogP contribution in [0.3, 0.4) is 0 Å². The second-order valence-electron chi connectivity index (χ2n) is 8.81. The van der Waals surface area contributed by atoms with Crippen LogP contribution in [0.25, 0.3) is 0 Å². The first-order valence-corrected chi connectivity index (χ1v) is 10.5. The summed E-state index contributed by atoms with van der Waals surface area (Å²) in [6.45, 7) is 4.36. The maximum Gasteiger partial charge on any atom is 0.319 e. The van der Waals surface area contributed by atoms with Crippen molar-refractivity contribution in [3.63, 3.8) is 0 Å². The molecular formula is C22H33N3O. The molecule has 142 valence electrons. The summed E-state index contributed by atoms with van der Waals surface area (Å²) in [6.07, 6.45) is 10.4. The first-order valence-electron chi connectivity index (χ1n) is 10.5. The number of carbonyl (C=O) groups is 1. The van der Waals surface area contributed by atoms with E-state index in [2.05, 4.69) is 41.5 Å². The third-order valence-corrected chi connectivity index (χ3v) is 6.71. The van der Waals surface area contributed by atoms with Crippen LogP contribution >= 0.6 is 0 Å². The Bertz CT molecular complexity index is 607. The molecule has 3 aliphatic rings. The summed E-state index contributed by atoms with van der Waals surface area (Å²) in [5, 5.41) is 6.25. The topological polar surface area (TPSA) is 44.4 Å². The summed E-state index contributed by atoms with van der Waals surface area (Å²) in [4.78, 5) is 15.3. The Balaban J connectivity index is 1.30. The zero-order chi connectivity index (χ0) is 18.1. The van der Waals surface area contributed by atoms with Gasteiger partial charge in [0.1, 0.15) is 0 Å². The molecular weight excluding hydrogens is 322 g/mol. The molecule has 4 rings (SSSR count). The number of benzene rings is 1. The highest BCUT2D eigenvalue weighted by Crippen LogP contribution is 2.41. The van der Waals surface area contributed by atoms with Gasteiger partial charge in [0.05, 0.1) is 0 Å². The molecule has 1 saturated carbocycles. The van der Waals surface area contributed by atoms with Crippen molar-refractivity contribution in [1.29, 1.82) is 0 Å². The number of fused-ring (bicyclic) bond motifs is 2. The summed E-state index contributed by atoms with van der Waals surface area (Å²) in [6, 6.07) is 10.7. The number of hydrogen-bond acceptors (Lipinski definition) is 2. The van der Waals surface area contributed by atoms with Gasteiger partial charge in [-0.2, -0.15) is 0 Å². The molecule has 0 aromatic heterocycles. The fraction of sp³-hybridized carbons (Fsp3) is 0.682. The molecule has 0 radical (unpaired) electrons. The molecule has 2 bridgehead atoms. The van der Waals surface area contributed by atoms with Gasteiger partial charge >= 0.3 is 6.03 Å². The van der Waals surface area contributed by atoms with Crippen LogP contribution in [0, 0.1) is 0 Å².